The molecule has 17 heavy (non-hydrogen) atoms. The van der Waals surface area contributed by atoms with Gasteiger partial charge in [-0.2, -0.15) is 0 Å². The number of carbonyl (C=O) groups excluding carboxylic acids is 1. The van der Waals surface area contributed by atoms with Gasteiger partial charge in [-0.3, -0.25) is 4.79 Å². The highest BCUT2D eigenvalue weighted by Gasteiger charge is 2.16. The van der Waals surface area contributed by atoms with Crippen LogP contribution in [0.4, 0.5) is 4.39 Å². The molecule has 0 fully saturated rings. The van der Waals surface area contributed by atoms with Crippen molar-refractivity contribution in [2.45, 2.75) is 32.2 Å². The number of ether oxygens (including phenoxy) is 1. The third kappa shape index (κ3) is 3.53. The van der Waals surface area contributed by atoms with Crippen LogP contribution in [0.3, 0.4) is 0 Å². The van der Waals surface area contributed by atoms with Crippen molar-refractivity contribution in [1.29, 1.82) is 0 Å². The highest BCUT2D eigenvalue weighted by atomic mass is 19.1. The Morgan fingerprint density at radius 2 is 2.24 bits per heavy atom. The summed E-state index contributed by atoms with van der Waals surface area (Å²) in [5, 5.41) is 0. The highest BCUT2D eigenvalue weighted by Crippen LogP contribution is 2.20. The van der Waals surface area contributed by atoms with Crippen LogP contribution in [0, 0.1) is 5.82 Å². The van der Waals surface area contributed by atoms with Gasteiger partial charge in [-0.15, -0.1) is 0 Å². The molecule has 0 radical (unpaired) electrons. The molecule has 0 heterocycles. The van der Waals surface area contributed by atoms with Crippen molar-refractivity contribution >= 4 is 5.78 Å². The predicted octanol–water partition coefficient (Wildman–Crippen LogP) is 2.07. The molecule has 0 spiro atoms. The Hall–Kier alpha value is -1.42. The fraction of sp³-hybridized carbons (Fsp3) is 0.462. The Morgan fingerprint density at radius 1 is 1.53 bits per heavy atom. The zero-order chi connectivity index (χ0) is 12.8. The van der Waals surface area contributed by atoms with Crippen LogP contribution in [0.2, 0.25) is 0 Å². The number of nitrogens with two attached hydrogens (primary N) is 1. The standard InChI is InChI=1S/C13H18FNO2/c1-3-5-10(15)11(16)8-9-6-4-7-12(17-2)13(9)14/h4,6-7,10H,3,5,8,15H2,1-2H3. The molecule has 0 amide bonds. The molecule has 1 aromatic carbocycles. The van der Waals surface area contributed by atoms with E-state index < -0.39 is 11.9 Å². The van der Waals surface area contributed by atoms with Crippen molar-refractivity contribution in [2.75, 3.05) is 7.11 Å². The van der Waals surface area contributed by atoms with Crippen molar-refractivity contribution in [3.8, 4) is 5.75 Å². The van der Waals surface area contributed by atoms with E-state index in [4.69, 9.17) is 10.5 Å². The smallest absolute Gasteiger partial charge is 0.168 e. The van der Waals surface area contributed by atoms with Gasteiger partial charge in [0.15, 0.2) is 17.3 Å². The van der Waals surface area contributed by atoms with Gasteiger partial charge in [-0.25, -0.2) is 4.39 Å². The van der Waals surface area contributed by atoms with E-state index in [1.807, 2.05) is 6.92 Å². The summed E-state index contributed by atoms with van der Waals surface area (Å²) in [4.78, 5) is 11.7. The summed E-state index contributed by atoms with van der Waals surface area (Å²) in [5.74, 6) is -0.467. The van der Waals surface area contributed by atoms with E-state index in [0.29, 0.717) is 12.0 Å². The fourth-order valence-corrected chi connectivity index (χ4v) is 1.64. The summed E-state index contributed by atoms with van der Waals surface area (Å²) in [6.45, 7) is 1.96. The van der Waals surface area contributed by atoms with Crippen molar-refractivity contribution in [1.82, 2.24) is 0 Å². The molecule has 0 saturated heterocycles. The van der Waals surface area contributed by atoms with Gasteiger partial charge in [-0.05, 0) is 18.1 Å². The minimum absolute atomic E-state index is 0.0181. The molecule has 2 N–H and O–H groups in total. The first-order chi connectivity index (χ1) is 8.10. The summed E-state index contributed by atoms with van der Waals surface area (Å²) in [6.07, 6.45) is 1.49. The molecule has 1 aromatic rings. The van der Waals surface area contributed by atoms with Crippen LogP contribution in [0.1, 0.15) is 25.3 Å². The van der Waals surface area contributed by atoms with Crippen LogP contribution in [0.25, 0.3) is 0 Å². The largest absolute Gasteiger partial charge is 0.494 e. The van der Waals surface area contributed by atoms with Gasteiger partial charge in [0, 0.05) is 6.42 Å². The summed E-state index contributed by atoms with van der Waals surface area (Å²) in [6, 6.07) is 4.25. The van der Waals surface area contributed by atoms with Gasteiger partial charge in [-0.1, -0.05) is 25.5 Å². The van der Waals surface area contributed by atoms with Crippen LogP contribution < -0.4 is 10.5 Å². The predicted molar refractivity (Wildman–Crippen MR) is 64.5 cm³/mol. The lowest BCUT2D eigenvalue weighted by atomic mass is 10.0. The number of benzene rings is 1. The summed E-state index contributed by atoms with van der Waals surface area (Å²) >= 11 is 0. The number of rotatable bonds is 6. The van der Waals surface area contributed by atoms with Crippen LogP contribution in [-0.2, 0) is 11.2 Å². The fourth-order valence-electron chi connectivity index (χ4n) is 1.64. The number of ketones is 1. The Bertz CT molecular complexity index is 393. The number of carbonyl (C=O) groups is 1. The van der Waals surface area contributed by atoms with E-state index >= 15 is 0 Å². The van der Waals surface area contributed by atoms with Crippen LogP contribution >= 0.6 is 0 Å². The molecule has 0 aliphatic heterocycles. The Labute approximate surface area is 101 Å². The van der Waals surface area contributed by atoms with E-state index in [-0.39, 0.29) is 18.0 Å². The van der Waals surface area contributed by atoms with Crippen LogP contribution in [-0.4, -0.2) is 18.9 Å². The minimum atomic E-state index is -0.509. The SMILES string of the molecule is CCCC(N)C(=O)Cc1cccc(OC)c1F. The third-order valence-electron chi connectivity index (χ3n) is 2.64. The summed E-state index contributed by atoms with van der Waals surface area (Å²) in [7, 11) is 1.40. The topological polar surface area (TPSA) is 52.3 Å². The maximum atomic E-state index is 13.8. The van der Waals surface area contributed by atoms with E-state index in [2.05, 4.69) is 0 Å². The molecule has 0 aromatic heterocycles. The van der Waals surface area contributed by atoms with Gasteiger partial charge in [0.1, 0.15) is 0 Å². The van der Waals surface area contributed by atoms with Crippen LogP contribution in [0.5, 0.6) is 5.75 Å². The minimum Gasteiger partial charge on any atom is -0.494 e. The average Bonchev–Trinajstić information content (AvgIpc) is 2.32. The lowest BCUT2D eigenvalue weighted by Crippen LogP contribution is -2.31. The van der Waals surface area contributed by atoms with E-state index in [9.17, 15) is 9.18 Å². The maximum Gasteiger partial charge on any atom is 0.168 e. The maximum absolute atomic E-state index is 13.8. The van der Waals surface area contributed by atoms with Crippen LogP contribution in [0.15, 0.2) is 18.2 Å². The zero-order valence-electron chi connectivity index (χ0n) is 10.2. The second-order valence-electron chi connectivity index (χ2n) is 3.97. The lowest BCUT2D eigenvalue weighted by molar-refractivity contribution is -0.119. The molecule has 1 rings (SSSR count). The first-order valence-electron chi connectivity index (χ1n) is 5.69. The van der Waals surface area contributed by atoms with Crippen molar-refractivity contribution in [3.63, 3.8) is 0 Å². The Balaban J connectivity index is 2.78. The van der Waals surface area contributed by atoms with Crippen molar-refractivity contribution < 1.29 is 13.9 Å². The van der Waals surface area contributed by atoms with Gasteiger partial charge in [0.25, 0.3) is 0 Å². The Kier molecular flexibility index (Phi) is 5.10. The number of methoxy groups -OCH3 is 1. The molecule has 0 aliphatic rings. The van der Waals surface area contributed by atoms with E-state index in [1.54, 1.807) is 12.1 Å². The molecule has 0 saturated carbocycles. The van der Waals surface area contributed by atoms with E-state index in [1.165, 1.54) is 13.2 Å². The van der Waals surface area contributed by atoms with Gasteiger partial charge < -0.3 is 10.5 Å². The molecular formula is C13H18FNO2. The molecular weight excluding hydrogens is 221 g/mol. The second-order valence-corrected chi connectivity index (χ2v) is 3.97. The number of hydrogen-bond acceptors (Lipinski definition) is 3. The number of Topliss-reactive ketones (excluding diaryl/α,β-unsaturated/α-hetero) is 1. The van der Waals surface area contributed by atoms with Crippen molar-refractivity contribution in [3.05, 3.63) is 29.6 Å². The summed E-state index contributed by atoms with van der Waals surface area (Å²) in [5.41, 5.74) is 6.03. The van der Waals surface area contributed by atoms with Gasteiger partial charge in [0.2, 0.25) is 0 Å². The third-order valence-corrected chi connectivity index (χ3v) is 2.64. The first kappa shape index (κ1) is 13.6. The molecule has 3 nitrogen and oxygen atoms in total. The normalized spacial score (nSPS) is 12.2. The first-order valence-corrected chi connectivity index (χ1v) is 5.69. The average molecular weight is 239 g/mol. The zero-order valence-corrected chi connectivity index (χ0v) is 10.2. The molecule has 1 atom stereocenters. The molecule has 0 bridgehead atoms. The molecule has 0 aliphatic carbocycles. The highest BCUT2D eigenvalue weighted by molar-refractivity contribution is 5.85. The lowest BCUT2D eigenvalue weighted by Gasteiger charge is -2.10. The monoisotopic (exact) mass is 239 g/mol. The van der Waals surface area contributed by atoms with E-state index in [0.717, 1.165) is 6.42 Å². The number of halogens is 1. The summed E-state index contributed by atoms with van der Waals surface area (Å²) < 4.78 is 18.6. The second kappa shape index (κ2) is 6.35. The van der Waals surface area contributed by atoms with Crippen molar-refractivity contribution in [2.24, 2.45) is 5.73 Å². The molecule has 1 unspecified atom stereocenters. The number of hydrogen-bond donors (Lipinski definition) is 1. The Morgan fingerprint density at radius 3 is 2.82 bits per heavy atom. The molecule has 94 valence electrons. The molecule has 4 heteroatoms. The van der Waals surface area contributed by atoms with Gasteiger partial charge in [0.05, 0.1) is 13.2 Å². The quantitative estimate of drug-likeness (QED) is 0.826. The van der Waals surface area contributed by atoms with Gasteiger partial charge >= 0.3 is 0 Å².